The first-order chi connectivity index (χ1) is 16.3. The molecular weight excluding hydrogens is 484 g/mol. The van der Waals surface area contributed by atoms with Gasteiger partial charge in [0.15, 0.2) is 21.8 Å². The van der Waals surface area contributed by atoms with Crippen LogP contribution in [0.2, 0.25) is 0 Å². The second-order valence-corrected chi connectivity index (χ2v) is 12.0. The number of sulfone groups is 1. The van der Waals surface area contributed by atoms with Crippen molar-refractivity contribution in [3.05, 3.63) is 35.5 Å². The lowest BCUT2D eigenvalue weighted by Crippen LogP contribution is -2.35. The fraction of sp³-hybridized carbons (Fsp3) is 0.609. The molecule has 1 amide bonds. The summed E-state index contributed by atoms with van der Waals surface area (Å²) in [5.41, 5.74) is -1.04. The SMILES string of the molecule is COC1(c2nc(C34CC3CN(C(=O)c3cc(S(C)(=O)=O)ccc3O[C@H](C)C(C)(F)F)C4)no2)CC1. The van der Waals surface area contributed by atoms with Gasteiger partial charge in [-0.1, -0.05) is 5.16 Å². The predicted molar refractivity (Wildman–Crippen MR) is 118 cm³/mol. The lowest BCUT2D eigenvalue weighted by Gasteiger charge is -2.25. The lowest BCUT2D eigenvalue weighted by molar-refractivity contribution is -0.0720. The summed E-state index contributed by atoms with van der Waals surface area (Å²) in [6, 6.07) is 3.69. The van der Waals surface area contributed by atoms with E-state index in [0.717, 1.165) is 32.4 Å². The van der Waals surface area contributed by atoms with E-state index < -0.39 is 38.8 Å². The van der Waals surface area contributed by atoms with Gasteiger partial charge in [0.1, 0.15) is 11.4 Å². The van der Waals surface area contributed by atoms with Crippen LogP contribution in [-0.2, 0) is 25.6 Å². The van der Waals surface area contributed by atoms with Gasteiger partial charge in [0, 0.05) is 33.4 Å². The third-order valence-corrected chi connectivity index (χ3v) is 8.53. The number of benzene rings is 1. The molecule has 0 N–H and O–H groups in total. The number of amides is 1. The second kappa shape index (κ2) is 7.70. The van der Waals surface area contributed by atoms with Gasteiger partial charge in [-0.3, -0.25) is 4.79 Å². The van der Waals surface area contributed by atoms with Gasteiger partial charge >= 0.3 is 0 Å². The summed E-state index contributed by atoms with van der Waals surface area (Å²) in [6.45, 7) is 2.62. The van der Waals surface area contributed by atoms with Gasteiger partial charge in [-0.2, -0.15) is 4.98 Å². The highest BCUT2D eigenvalue weighted by atomic mass is 32.2. The number of fused-ring (bicyclic) bond motifs is 1. The van der Waals surface area contributed by atoms with Crippen molar-refractivity contribution in [3.63, 3.8) is 0 Å². The van der Waals surface area contributed by atoms with Crippen molar-refractivity contribution in [2.75, 3.05) is 26.5 Å². The molecule has 2 aromatic rings. The minimum Gasteiger partial charge on any atom is -0.484 e. The first-order valence-electron chi connectivity index (χ1n) is 11.4. The molecule has 0 bridgehead atoms. The molecule has 1 saturated heterocycles. The Bertz CT molecular complexity index is 1290. The fourth-order valence-corrected chi connectivity index (χ4v) is 5.33. The molecule has 12 heteroatoms. The Morgan fingerprint density at radius 3 is 2.66 bits per heavy atom. The molecule has 9 nitrogen and oxygen atoms in total. The molecule has 0 spiro atoms. The van der Waals surface area contributed by atoms with Crippen LogP contribution in [0.15, 0.2) is 27.6 Å². The topological polar surface area (TPSA) is 112 Å². The Hall–Kier alpha value is -2.60. The summed E-state index contributed by atoms with van der Waals surface area (Å²) in [6.07, 6.45) is 1.90. The normalized spacial score (nSPS) is 25.8. The Balaban J connectivity index is 1.41. The van der Waals surface area contributed by atoms with Crippen molar-refractivity contribution < 1.29 is 36.0 Å². The van der Waals surface area contributed by atoms with Crippen molar-refractivity contribution in [2.45, 2.75) is 61.0 Å². The average Bonchev–Trinajstić information content (AvgIpc) is 3.62. The van der Waals surface area contributed by atoms with Gasteiger partial charge in [-0.05, 0) is 50.3 Å². The van der Waals surface area contributed by atoms with Gasteiger partial charge in [-0.25, -0.2) is 17.2 Å². The molecule has 5 rings (SSSR count). The quantitative estimate of drug-likeness (QED) is 0.532. The van der Waals surface area contributed by atoms with E-state index in [0.29, 0.717) is 24.8 Å². The average molecular weight is 512 g/mol. The molecule has 1 aromatic carbocycles. The predicted octanol–water partition coefficient (Wildman–Crippen LogP) is 2.94. The maximum atomic E-state index is 13.8. The Labute approximate surface area is 201 Å². The van der Waals surface area contributed by atoms with Crippen LogP contribution < -0.4 is 4.74 Å². The molecule has 3 fully saturated rings. The number of piperidine rings is 1. The number of rotatable bonds is 8. The smallest absolute Gasteiger partial charge is 0.281 e. The highest BCUT2D eigenvalue weighted by molar-refractivity contribution is 7.90. The molecule has 2 aliphatic carbocycles. The van der Waals surface area contributed by atoms with Crippen molar-refractivity contribution in [1.29, 1.82) is 0 Å². The number of hydrogen-bond donors (Lipinski definition) is 0. The van der Waals surface area contributed by atoms with E-state index in [2.05, 4.69) is 10.1 Å². The molecule has 190 valence electrons. The summed E-state index contributed by atoms with van der Waals surface area (Å²) in [5, 5.41) is 4.17. The molecule has 3 atom stereocenters. The molecular formula is C23H27F2N3O6S. The van der Waals surface area contributed by atoms with Crippen LogP contribution in [0.1, 0.15) is 55.2 Å². The summed E-state index contributed by atoms with van der Waals surface area (Å²) >= 11 is 0. The van der Waals surface area contributed by atoms with Gasteiger partial charge in [0.2, 0.25) is 0 Å². The number of carbonyl (C=O) groups is 1. The number of carbonyl (C=O) groups excluding carboxylic acids is 1. The van der Waals surface area contributed by atoms with Crippen LogP contribution in [0.3, 0.4) is 0 Å². The van der Waals surface area contributed by atoms with Gasteiger partial charge in [0.05, 0.1) is 15.9 Å². The van der Waals surface area contributed by atoms with E-state index in [1.807, 2.05) is 0 Å². The maximum absolute atomic E-state index is 13.8. The van der Waals surface area contributed by atoms with Crippen molar-refractivity contribution in [3.8, 4) is 5.75 Å². The van der Waals surface area contributed by atoms with Crippen LogP contribution in [0.5, 0.6) is 5.75 Å². The molecule has 3 aliphatic rings. The van der Waals surface area contributed by atoms with Crippen molar-refractivity contribution in [2.24, 2.45) is 5.92 Å². The number of hydrogen-bond acceptors (Lipinski definition) is 8. The number of ether oxygens (including phenoxy) is 2. The second-order valence-electron chi connectivity index (χ2n) is 10.0. The standard InChI is InChI=1S/C23H27F2N3O6S/c1-13(21(2,24)25)33-17-6-5-15(35(4,30)31)9-16(17)18(29)28-11-14-10-22(14,12-28)19-26-20(34-27-19)23(32-3)7-8-23/h5-6,9,13-14H,7-8,10-12H2,1-4H3/t13-,14?,22?/m1/s1. The van der Waals surface area contributed by atoms with E-state index in [-0.39, 0.29) is 22.1 Å². The van der Waals surface area contributed by atoms with E-state index in [1.165, 1.54) is 25.1 Å². The Morgan fingerprint density at radius 1 is 1.34 bits per heavy atom. The number of aromatic nitrogens is 2. The van der Waals surface area contributed by atoms with Gasteiger partial charge in [0.25, 0.3) is 17.7 Å². The zero-order chi connectivity index (χ0) is 25.4. The van der Waals surface area contributed by atoms with Crippen LogP contribution in [0, 0.1) is 5.92 Å². The van der Waals surface area contributed by atoms with Crippen LogP contribution in [-0.4, -0.2) is 67.8 Å². The van der Waals surface area contributed by atoms with Crippen LogP contribution in [0.4, 0.5) is 8.78 Å². The first-order valence-corrected chi connectivity index (χ1v) is 13.3. The molecule has 2 heterocycles. The summed E-state index contributed by atoms with van der Waals surface area (Å²) < 4.78 is 68.1. The minimum atomic E-state index is -3.64. The molecule has 35 heavy (non-hydrogen) atoms. The van der Waals surface area contributed by atoms with Crippen molar-refractivity contribution in [1.82, 2.24) is 15.0 Å². The van der Waals surface area contributed by atoms with E-state index >= 15 is 0 Å². The van der Waals surface area contributed by atoms with Crippen LogP contribution >= 0.6 is 0 Å². The van der Waals surface area contributed by atoms with Gasteiger partial charge in [-0.15, -0.1) is 0 Å². The Kier molecular flexibility index (Phi) is 5.30. The fourth-order valence-electron chi connectivity index (χ4n) is 4.69. The zero-order valence-electron chi connectivity index (χ0n) is 19.9. The Morgan fingerprint density at radius 2 is 2.06 bits per heavy atom. The maximum Gasteiger partial charge on any atom is 0.281 e. The molecule has 2 unspecified atom stereocenters. The molecule has 1 aromatic heterocycles. The molecule has 1 aliphatic heterocycles. The third-order valence-electron chi connectivity index (χ3n) is 7.42. The van der Waals surface area contributed by atoms with Crippen LogP contribution in [0.25, 0.3) is 0 Å². The number of nitrogens with zero attached hydrogens (tertiary/aromatic N) is 3. The summed E-state index contributed by atoms with van der Waals surface area (Å²) in [5.74, 6) is -2.67. The lowest BCUT2D eigenvalue weighted by atomic mass is 10.1. The summed E-state index contributed by atoms with van der Waals surface area (Å²) in [4.78, 5) is 19.6. The summed E-state index contributed by atoms with van der Waals surface area (Å²) in [7, 11) is -2.04. The largest absolute Gasteiger partial charge is 0.484 e. The molecule has 2 saturated carbocycles. The highest BCUT2D eigenvalue weighted by Crippen LogP contribution is 2.59. The van der Waals surface area contributed by atoms with Gasteiger partial charge < -0.3 is 18.9 Å². The zero-order valence-corrected chi connectivity index (χ0v) is 20.7. The van der Waals surface area contributed by atoms with E-state index in [4.69, 9.17) is 14.0 Å². The van der Waals surface area contributed by atoms with E-state index in [1.54, 1.807) is 12.0 Å². The number of likely N-dealkylation sites (tertiary alicyclic amines) is 1. The highest BCUT2D eigenvalue weighted by Gasteiger charge is 2.65. The number of halogens is 2. The number of alkyl halides is 2. The monoisotopic (exact) mass is 511 g/mol. The first kappa shape index (κ1) is 24.1. The minimum absolute atomic E-state index is 0.0782. The molecule has 0 radical (unpaired) electrons. The number of methoxy groups -OCH3 is 1. The van der Waals surface area contributed by atoms with E-state index in [9.17, 15) is 22.0 Å². The van der Waals surface area contributed by atoms with Crippen molar-refractivity contribution >= 4 is 15.7 Å². The third kappa shape index (κ3) is 4.10.